The van der Waals surface area contributed by atoms with Crippen LogP contribution in [0.25, 0.3) is 0 Å². The van der Waals surface area contributed by atoms with Gasteiger partial charge in [-0.15, -0.1) is 0 Å². The number of carboxylic acids is 1. The molecule has 6 heteroatoms. The molecule has 0 aliphatic heterocycles. The van der Waals surface area contributed by atoms with Gasteiger partial charge in [-0.1, -0.05) is 15.9 Å². The van der Waals surface area contributed by atoms with E-state index in [1.165, 1.54) is 0 Å². The fourth-order valence-corrected chi connectivity index (χ4v) is 0. The van der Waals surface area contributed by atoms with Crippen LogP contribution in [0.1, 0.15) is 6.92 Å². The first kappa shape index (κ1) is 22.4. The number of rotatable bonds is 1. The molecule has 1 unspecified atom stereocenters. The van der Waals surface area contributed by atoms with Crippen molar-refractivity contribution in [3.8, 4) is 0 Å². The molecule has 0 saturated carbocycles. The number of carbonyl (C=O) groups is 1. The van der Waals surface area contributed by atoms with Crippen molar-refractivity contribution in [3.63, 3.8) is 0 Å². The van der Waals surface area contributed by atoms with Crippen LogP contribution in [0, 0.1) is 0 Å². The summed E-state index contributed by atoms with van der Waals surface area (Å²) in [6.07, 6.45) is 0. The van der Waals surface area contributed by atoms with Crippen LogP contribution in [-0.2, 0) is 4.79 Å². The average molecular weight is 248 g/mol. The van der Waals surface area contributed by atoms with Gasteiger partial charge in [-0.3, -0.25) is 4.79 Å². The normalized spacial score (nSPS) is 9.11. The number of carboxylic acid groups (broad SMARTS) is 1. The minimum absolute atomic E-state index is 0. The van der Waals surface area contributed by atoms with Gasteiger partial charge in [0.1, 0.15) is 4.83 Å². The first-order chi connectivity index (χ1) is 2.64. The van der Waals surface area contributed by atoms with Gasteiger partial charge in [-0.25, -0.2) is 0 Å². The second-order valence-corrected chi connectivity index (χ2v) is 2.33. The summed E-state index contributed by atoms with van der Waals surface area (Å²) in [6, 6.07) is 0. The van der Waals surface area contributed by atoms with E-state index in [1.54, 1.807) is 6.92 Å². The molecule has 0 rings (SSSR count). The van der Waals surface area contributed by atoms with E-state index in [9.17, 15) is 4.79 Å². The van der Waals surface area contributed by atoms with Crippen LogP contribution in [0.15, 0.2) is 0 Å². The largest absolute Gasteiger partial charge is 2.00 e. The Kier molecular flexibility index (Phi) is 30.0. The van der Waals surface area contributed by atoms with Crippen LogP contribution < -0.4 is 24.8 Å². The summed E-state index contributed by atoms with van der Waals surface area (Å²) < 4.78 is 0. The summed E-state index contributed by atoms with van der Waals surface area (Å²) in [5.41, 5.74) is 0. The summed E-state index contributed by atoms with van der Waals surface area (Å²) >= 11 is 2.84. The molecule has 0 aliphatic carbocycles. The summed E-state index contributed by atoms with van der Waals surface area (Å²) in [5.74, 6) is -0.824. The topological polar surface area (TPSA) is 37.3 Å². The van der Waals surface area contributed by atoms with Gasteiger partial charge < -0.3 is 29.9 Å². The zero-order valence-corrected chi connectivity index (χ0v) is 9.29. The first-order valence-electron chi connectivity index (χ1n) is 1.51. The van der Waals surface area contributed by atoms with Gasteiger partial charge in [0.2, 0.25) is 0 Å². The third-order valence-corrected chi connectivity index (χ3v) is 0.732. The van der Waals surface area contributed by atoms with Gasteiger partial charge in [0.25, 0.3) is 0 Å². The number of hydrogen-bond acceptors (Lipinski definition) is 1. The molecule has 52 valence electrons. The quantitative estimate of drug-likeness (QED) is 0.371. The molecule has 1 atom stereocenters. The van der Waals surface area contributed by atoms with Crippen molar-refractivity contribution in [3.05, 3.63) is 0 Å². The Balaban J connectivity index is -0.0000000417. The second kappa shape index (κ2) is 12.0. The third-order valence-electron chi connectivity index (χ3n) is 0.340. The van der Waals surface area contributed by atoms with Crippen LogP contribution in [0.3, 0.4) is 0 Å². The van der Waals surface area contributed by atoms with Crippen molar-refractivity contribution < 1.29 is 34.7 Å². The maximum absolute atomic E-state index is 9.65. The second-order valence-electron chi connectivity index (χ2n) is 0.954. The summed E-state index contributed by atoms with van der Waals surface area (Å²) in [6.45, 7) is 1.56. The van der Waals surface area contributed by atoms with E-state index in [4.69, 9.17) is 5.11 Å². The number of aliphatic carboxylic acids is 1. The first-order valence-corrected chi connectivity index (χ1v) is 2.43. The van der Waals surface area contributed by atoms with Crippen molar-refractivity contribution in [1.29, 1.82) is 0 Å². The zero-order chi connectivity index (χ0) is 5.15. The Hall–Kier alpha value is 1.30. The van der Waals surface area contributed by atoms with Crippen molar-refractivity contribution in [2.75, 3.05) is 0 Å². The third kappa shape index (κ3) is 17.6. The van der Waals surface area contributed by atoms with E-state index < -0.39 is 10.8 Å². The van der Waals surface area contributed by atoms with Crippen LogP contribution in [0.2, 0.25) is 0 Å². The Morgan fingerprint density at radius 1 is 1.56 bits per heavy atom. The van der Waals surface area contributed by atoms with E-state index in [0.29, 0.717) is 0 Å². The van der Waals surface area contributed by atoms with E-state index >= 15 is 0 Å². The Bertz CT molecular complexity index is 70.8. The van der Waals surface area contributed by atoms with Crippen LogP contribution in [-0.4, -0.2) is 39.0 Å². The molecule has 0 aromatic heterocycles. The molecular weight excluding hydrogens is 243 g/mol. The van der Waals surface area contributed by atoms with E-state index in [0.717, 1.165) is 0 Å². The van der Waals surface area contributed by atoms with Gasteiger partial charge in [-0.05, 0) is 6.92 Å². The molecule has 0 aromatic carbocycles. The molecule has 0 spiro atoms. The number of alkyl halides is 1. The van der Waals surface area contributed by atoms with E-state index in [-0.39, 0.29) is 47.9 Å². The molecule has 0 radical (unpaired) electrons. The monoisotopic (exact) mass is 246 g/mol. The summed E-state index contributed by atoms with van der Waals surface area (Å²) in [7, 11) is 0. The minimum atomic E-state index is -0.824. The molecule has 0 heterocycles. The molecular formula is C3H5BrCl2MgO2. The molecule has 0 aromatic rings. The molecule has 0 bridgehead atoms. The van der Waals surface area contributed by atoms with Gasteiger partial charge >= 0.3 is 29.0 Å². The smallest absolute Gasteiger partial charge is 1.00 e. The molecule has 0 aliphatic rings. The van der Waals surface area contributed by atoms with Crippen LogP contribution >= 0.6 is 15.9 Å². The molecule has 0 amide bonds. The van der Waals surface area contributed by atoms with Crippen LogP contribution in [0.4, 0.5) is 0 Å². The molecule has 0 fully saturated rings. The minimum Gasteiger partial charge on any atom is -1.00 e. The predicted molar refractivity (Wildman–Crippen MR) is 31.8 cm³/mol. The standard InChI is InChI=1S/C3H5BrO2.2ClH.Mg/c1-2(4)3(5)6;;;/h2H,1H3,(H,5,6);2*1H;/q;;;+2/p-2. The Morgan fingerprint density at radius 2 is 1.67 bits per heavy atom. The van der Waals surface area contributed by atoms with Crippen molar-refractivity contribution in [2.24, 2.45) is 0 Å². The van der Waals surface area contributed by atoms with Gasteiger partial charge in [0.05, 0.1) is 0 Å². The summed E-state index contributed by atoms with van der Waals surface area (Å²) in [4.78, 5) is 9.23. The zero-order valence-electron chi connectivity index (χ0n) is 4.77. The Labute approximate surface area is 90.9 Å². The van der Waals surface area contributed by atoms with Crippen molar-refractivity contribution >= 4 is 45.0 Å². The molecule has 9 heavy (non-hydrogen) atoms. The maximum Gasteiger partial charge on any atom is 2.00 e. The SMILES string of the molecule is CC(Br)C(=O)O.[Cl-].[Cl-].[Mg+2]. The maximum atomic E-state index is 9.65. The summed E-state index contributed by atoms with van der Waals surface area (Å²) in [5, 5.41) is 7.94. The number of hydrogen-bond donors (Lipinski definition) is 1. The van der Waals surface area contributed by atoms with Gasteiger partial charge in [-0.2, -0.15) is 0 Å². The average Bonchev–Trinajstić information content (AvgIpc) is 1.36. The molecule has 1 N–H and O–H groups in total. The van der Waals surface area contributed by atoms with Crippen molar-refractivity contribution in [2.45, 2.75) is 11.8 Å². The molecule has 2 nitrogen and oxygen atoms in total. The number of halogens is 3. The fourth-order valence-electron chi connectivity index (χ4n) is 0. The fraction of sp³-hybridized carbons (Fsp3) is 0.667. The van der Waals surface area contributed by atoms with Gasteiger partial charge in [0.15, 0.2) is 0 Å². The van der Waals surface area contributed by atoms with E-state index in [1.807, 2.05) is 0 Å². The van der Waals surface area contributed by atoms with Crippen LogP contribution in [0.5, 0.6) is 0 Å². The molecule has 0 saturated heterocycles. The Morgan fingerprint density at radius 3 is 1.67 bits per heavy atom. The predicted octanol–water partition coefficient (Wildman–Crippen LogP) is -5.52. The van der Waals surface area contributed by atoms with Gasteiger partial charge in [0, 0.05) is 0 Å². The van der Waals surface area contributed by atoms with E-state index in [2.05, 4.69) is 15.9 Å². The van der Waals surface area contributed by atoms with Crippen molar-refractivity contribution in [1.82, 2.24) is 0 Å².